The van der Waals surface area contributed by atoms with Crippen molar-refractivity contribution in [3.63, 3.8) is 0 Å². The average molecular weight is 293 g/mol. The van der Waals surface area contributed by atoms with E-state index in [9.17, 15) is 14.9 Å². The second-order valence-corrected chi connectivity index (χ2v) is 6.18. The molecule has 0 bridgehead atoms. The number of hydrogen-bond donors (Lipinski definition) is 2. The molecule has 21 heavy (non-hydrogen) atoms. The highest BCUT2D eigenvalue weighted by molar-refractivity contribution is 6.01. The molecule has 2 N–H and O–H groups in total. The van der Waals surface area contributed by atoms with Crippen LogP contribution in [0.4, 0.5) is 11.4 Å². The van der Waals surface area contributed by atoms with Gasteiger partial charge in [-0.05, 0) is 17.4 Å². The maximum atomic E-state index is 12.3. The number of para-hydroxylation sites is 1. The first-order valence-electron chi connectivity index (χ1n) is 6.91. The minimum Gasteiger partial charge on any atom is -0.382 e. The Kier molecular flexibility index (Phi) is 5.29. The number of hydrogen-bond acceptors (Lipinski definition) is 4. The molecule has 0 aromatic heterocycles. The van der Waals surface area contributed by atoms with Crippen molar-refractivity contribution in [2.24, 2.45) is 11.3 Å². The quantitative estimate of drug-likeness (QED) is 0.645. The summed E-state index contributed by atoms with van der Waals surface area (Å²) >= 11 is 0. The highest BCUT2D eigenvalue weighted by atomic mass is 16.6. The van der Waals surface area contributed by atoms with Crippen molar-refractivity contribution in [2.45, 2.75) is 27.7 Å². The lowest BCUT2D eigenvalue weighted by Gasteiger charge is -2.27. The van der Waals surface area contributed by atoms with E-state index >= 15 is 0 Å². The van der Waals surface area contributed by atoms with Crippen LogP contribution in [0.1, 0.15) is 38.1 Å². The van der Waals surface area contributed by atoms with Gasteiger partial charge in [-0.3, -0.25) is 14.9 Å². The molecular formula is C15H23N3O3. The highest BCUT2D eigenvalue weighted by Gasteiger charge is 2.23. The van der Waals surface area contributed by atoms with Crippen molar-refractivity contribution < 1.29 is 9.72 Å². The summed E-state index contributed by atoms with van der Waals surface area (Å²) in [7, 11) is 1.57. The van der Waals surface area contributed by atoms with Gasteiger partial charge >= 0.3 is 0 Å². The Bertz CT molecular complexity index is 535. The fourth-order valence-corrected chi connectivity index (χ4v) is 1.79. The number of carbonyl (C=O) groups excluding carboxylic acids is 1. The van der Waals surface area contributed by atoms with Gasteiger partial charge < -0.3 is 10.6 Å². The Morgan fingerprint density at radius 2 is 2.00 bits per heavy atom. The van der Waals surface area contributed by atoms with Gasteiger partial charge in [0.2, 0.25) is 0 Å². The smallest absolute Gasteiger partial charge is 0.293 e. The van der Waals surface area contributed by atoms with Crippen LogP contribution >= 0.6 is 0 Å². The van der Waals surface area contributed by atoms with Crippen LogP contribution in [-0.2, 0) is 0 Å². The fourth-order valence-electron chi connectivity index (χ4n) is 1.79. The Morgan fingerprint density at radius 3 is 2.48 bits per heavy atom. The zero-order chi connectivity index (χ0) is 16.2. The maximum absolute atomic E-state index is 12.3. The van der Waals surface area contributed by atoms with Gasteiger partial charge in [0.15, 0.2) is 0 Å². The molecule has 0 aliphatic rings. The summed E-state index contributed by atoms with van der Waals surface area (Å²) in [6.07, 6.45) is 0. The predicted octanol–water partition coefficient (Wildman–Crippen LogP) is 3.05. The van der Waals surface area contributed by atoms with Crippen molar-refractivity contribution in [1.29, 1.82) is 0 Å². The second-order valence-electron chi connectivity index (χ2n) is 6.18. The number of anilines is 1. The average Bonchev–Trinajstić information content (AvgIpc) is 2.42. The number of nitrogens with zero attached hydrogens (tertiary/aromatic N) is 1. The lowest BCUT2D eigenvalue weighted by Crippen LogP contribution is -2.34. The first-order chi connectivity index (χ1) is 9.68. The van der Waals surface area contributed by atoms with E-state index in [1.807, 2.05) is 0 Å². The standard InChI is InChI=1S/C15H23N3O3/c1-10(15(2,3)4)9-17-14(19)11-7-6-8-12(18(20)21)13(11)16-5/h6-8,10,16H,9H2,1-5H3,(H,17,19). The van der Waals surface area contributed by atoms with Crippen molar-refractivity contribution in [2.75, 3.05) is 18.9 Å². The number of nitrogens with one attached hydrogen (secondary N) is 2. The Labute approximate surface area is 125 Å². The van der Waals surface area contributed by atoms with E-state index in [2.05, 4.69) is 38.3 Å². The molecule has 0 saturated heterocycles. The van der Waals surface area contributed by atoms with E-state index in [1.165, 1.54) is 12.1 Å². The number of nitro benzene ring substituents is 1. The molecule has 0 fully saturated rings. The summed E-state index contributed by atoms with van der Waals surface area (Å²) in [6.45, 7) is 8.91. The first kappa shape index (κ1) is 16.9. The molecule has 1 aromatic carbocycles. The molecule has 0 saturated carbocycles. The SMILES string of the molecule is CNc1c(C(=O)NCC(C)C(C)(C)C)cccc1[N+](=O)[O-]. The summed E-state index contributed by atoms with van der Waals surface area (Å²) in [5, 5.41) is 16.6. The molecule has 6 heteroatoms. The van der Waals surface area contributed by atoms with Crippen LogP contribution in [0.2, 0.25) is 0 Å². The van der Waals surface area contributed by atoms with Crippen molar-refractivity contribution in [3.8, 4) is 0 Å². The maximum Gasteiger partial charge on any atom is 0.293 e. The van der Waals surface area contributed by atoms with Crippen molar-refractivity contribution >= 4 is 17.3 Å². The molecule has 0 aliphatic heterocycles. The Balaban J connectivity index is 2.93. The van der Waals surface area contributed by atoms with Gasteiger partial charge in [-0.25, -0.2) is 0 Å². The molecule has 1 atom stereocenters. The highest BCUT2D eigenvalue weighted by Crippen LogP contribution is 2.28. The zero-order valence-electron chi connectivity index (χ0n) is 13.2. The Hall–Kier alpha value is -2.11. The molecule has 1 unspecified atom stereocenters. The molecular weight excluding hydrogens is 270 g/mol. The van der Waals surface area contributed by atoms with Gasteiger partial charge in [0.05, 0.1) is 10.5 Å². The summed E-state index contributed by atoms with van der Waals surface area (Å²) in [5.41, 5.74) is 0.507. The normalized spacial score (nSPS) is 12.6. The molecule has 1 rings (SSSR count). The third-order valence-electron chi connectivity index (χ3n) is 3.78. The minimum atomic E-state index is -0.500. The topological polar surface area (TPSA) is 84.3 Å². The fraction of sp³-hybridized carbons (Fsp3) is 0.533. The number of carbonyl (C=O) groups is 1. The van der Waals surface area contributed by atoms with Crippen LogP contribution in [0.5, 0.6) is 0 Å². The summed E-state index contributed by atoms with van der Waals surface area (Å²) < 4.78 is 0. The molecule has 1 aromatic rings. The minimum absolute atomic E-state index is 0.0851. The van der Waals surface area contributed by atoms with E-state index in [0.717, 1.165) is 0 Å². The monoisotopic (exact) mass is 293 g/mol. The zero-order valence-corrected chi connectivity index (χ0v) is 13.2. The molecule has 0 radical (unpaired) electrons. The molecule has 116 valence electrons. The van der Waals surface area contributed by atoms with Gasteiger partial charge in [0.25, 0.3) is 11.6 Å². The Morgan fingerprint density at radius 1 is 1.38 bits per heavy atom. The number of nitro groups is 1. The number of rotatable bonds is 5. The second kappa shape index (κ2) is 6.56. The molecule has 1 amide bonds. The third kappa shape index (κ3) is 4.18. The molecule has 6 nitrogen and oxygen atoms in total. The van der Waals surface area contributed by atoms with Gasteiger partial charge in [0, 0.05) is 19.7 Å². The van der Waals surface area contributed by atoms with Crippen molar-refractivity contribution in [3.05, 3.63) is 33.9 Å². The third-order valence-corrected chi connectivity index (χ3v) is 3.78. The van der Waals surface area contributed by atoms with Crippen molar-refractivity contribution in [1.82, 2.24) is 5.32 Å². The van der Waals surface area contributed by atoms with Gasteiger partial charge in [-0.1, -0.05) is 33.8 Å². The van der Waals surface area contributed by atoms with Crippen LogP contribution in [0, 0.1) is 21.4 Å². The number of amides is 1. The summed E-state index contributed by atoms with van der Waals surface area (Å²) in [6, 6.07) is 4.47. The molecule has 0 aliphatic carbocycles. The van der Waals surface area contributed by atoms with Crippen LogP contribution < -0.4 is 10.6 Å². The number of benzene rings is 1. The first-order valence-corrected chi connectivity index (χ1v) is 6.91. The van der Waals surface area contributed by atoms with Crippen LogP contribution in [0.15, 0.2) is 18.2 Å². The van der Waals surface area contributed by atoms with E-state index in [1.54, 1.807) is 13.1 Å². The van der Waals surface area contributed by atoms with Crippen LogP contribution in [0.25, 0.3) is 0 Å². The summed E-state index contributed by atoms with van der Waals surface area (Å²) in [5.74, 6) is -0.0164. The molecule has 0 heterocycles. The summed E-state index contributed by atoms with van der Waals surface area (Å²) in [4.78, 5) is 22.7. The van der Waals surface area contributed by atoms with Crippen LogP contribution in [-0.4, -0.2) is 24.4 Å². The van der Waals surface area contributed by atoms with Crippen LogP contribution in [0.3, 0.4) is 0 Å². The lowest BCUT2D eigenvalue weighted by atomic mass is 9.82. The van der Waals surface area contributed by atoms with Gasteiger partial charge in [-0.2, -0.15) is 0 Å². The van der Waals surface area contributed by atoms with E-state index < -0.39 is 4.92 Å². The van der Waals surface area contributed by atoms with E-state index in [4.69, 9.17) is 0 Å². The van der Waals surface area contributed by atoms with Gasteiger partial charge in [0.1, 0.15) is 5.69 Å². The largest absolute Gasteiger partial charge is 0.382 e. The lowest BCUT2D eigenvalue weighted by molar-refractivity contribution is -0.384. The predicted molar refractivity (Wildman–Crippen MR) is 83.6 cm³/mol. The van der Waals surface area contributed by atoms with E-state index in [-0.39, 0.29) is 34.2 Å². The van der Waals surface area contributed by atoms with Gasteiger partial charge in [-0.15, -0.1) is 0 Å². The van der Waals surface area contributed by atoms with E-state index in [0.29, 0.717) is 6.54 Å². The molecule has 0 spiro atoms.